The zero-order valence-corrected chi connectivity index (χ0v) is 26.6. The van der Waals surface area contributed by atoms with Crippen LogP contribution in [0.1, 0.15) is 53.5 Å². The van der Waals surface area contributed by atoms with Crippen LogP contribution in [0.3, 0.4) is 0 Å². The Bertz CT molecular complexity index is 1890. The Kier molecular flexibility index (Phi) is 7.94. The number of aromatic nitrogens is 2. The van der Waals surface area contributed by atoms with Crippen LogP contribution in [0.4, 0.5) is 0 Å². The summed E-state index contributed by atoms with van der Waals surface area (Å²) >= 11 is 4.87. The minimum absolute atomic E-state index is 0.212. The van der Waals surface area contributed by atoms with E-state index >= 15 is 0 Å². The fourth-order valence-electron chi connectivity index (χ4n) is 5.51. The van der Waals surface area contributed by atoms with E-state index in [0.29, 0.717) is 26.4 Å². The van der Waals surface area contributed by atoms with Crippen LogP contribution in [0.5, 0.6) is 5.75 Å². The van der Waals surface area contributed by atoms with Crippen LogP contribution in [-0.4, -0.2) is 28.8 Å². The highest BCUT2D eigenvalue weighted by atomic mass is 79.9. The highest BCUT2D eigenvalue weighted by Gasteiger charge is 2.33. The molecule has 2 aromatic carbocycles. The van der Waals surface area contributed by atoms with Crippen molar-refractivity contribution in [2.75, 3.05) is 13.7 Å². The topological polar surface area (TPSA) is 74.8 Å². The summed E-state index contributed by atoms with van der Waals surface area (Å²) in [5, 5.41) is 0. The number of hydrogen-bond donors (Lipinski definition) is 0. The summed E-state index contributed by atoms with van der Waals surface area (Å²) in [6.45, 7) is 12.1. The van der Waals surface area contributed by atoms with Crippen molar-refractivity contribution in [1.29, 1.82) is 0 Å². The van der Waals surface area contributed by atoms with Gasteiger partial charge in [0.25, 0.3) is 5.56 Å². The number of aryl methyl sites for hydroxylation is 3. The maximum Gasteiger partial charge on any atom is 0.338 e. The quantitative estimate of drug-likeness (QED) is 0.259. The lowest BCUT2D eigenvalue weighted by Gasteiger charge is -2.25. The first-order valence-corrected chi connectivity index (χ1v) is 15.0. The van der Waals surface area contributed by atoms with E-state index in [2.05, 4.69) is 72.5 Å². The molecular formula is C32H32BrN3O4S. The summed E-state index contributed by atoms with van der Waals surface area (Å²) in [6, 6.07) is 13.4. The molecule has 1 aliphatic heterocycles. The molecular weight excluding hydrogens is 602 g/mol. The number of methoxy groups -OCH3 is 1. The van der Waals surface area contributed by atoms with Crippen molar-refractivity contribution in [3.8, 4) is 11.4 Å². The van der Waals surface area contributed by atoms with Crippen molar-refractivity contribution in [1.82, 2.24) is 9.13 Å². The maximum atomic E-state index is 14.1. The molecule has 7 nitrogen and oxygen atoms in total. The fraction of sp³-hybridized carbons (Fsp3) is 0.281. The number of hydrogen-bond acceptors (Lipinski definition) is 6. The molecule has 41 heavy (non-hydrogen) atoms. The van der Waals surface area contributed by atoms with Crippen LogP contribution in [0.2, 0.25) is 0 Å². The SMILES string of the molecule is CCOC(=O)C1=C(C)N=c2s/c(=C/c3cc(C)n(-c4cc(C)cc(C)c4)c3C)c(=O)n2[C@@H]1c1ccc(OC)c(Br)c1. The van der Waals surface area contributed by atoms with Crippen LogP contribution >= 0.6 is 27.3 Å². The molecule has 0 radical (unpaired) electrons. The van der Waals surface area contributed by atoms with Gasteiger partial charge in [-0.2, -0.15) is 0 Å². The highest BCUT2D eigenvalue weighted by molar-refractivity contribution is 9.10. The molecule has 212 valence electrons. The number of rotatable bonds is 6. The van der Waals surface area contributed by atoms with Gasteiger partial charge in [0.15, 0.2) is 4.80 Å². The molecule has 0 saturated heterocycles. The van der Waals surface area contributed by atoms with Crippen molar-refractivity contribution in [2.45, 2.75) is 47.6 Å². The minimum atomic E-state index is -0.697. The summed E-state index contributed by atoms with van der Waals surface area (Å²) in [5.41, 5.74) is 7.96. The lowest BCUT2D eigenvalue weighted by molar-refractivity contribution is -0.139. The predicted molar refractivity (Wildman–Crippen MR) is 166 cm³/mol. The number of carbonyl (C=O) groups is 1. The van der Waals surface area contributed by atoms with E-state index in [1.54, 1.807) is 25.5 Å². The Morgan fingerprint density at radius 1 is 1.07 bits per heavy atom. The van der Waals surface area contributed by atoms with Crippen molar-refractivity contribution >= 4 is 39.3 Å². The first-order chi connectivity index (χ1) is 19.5. The van der Waals surface area contributed by atoms with E-state index in [0.717, 1.165) is 32.7 Å². The van der Waals surface area contributed by atoms with Gasteiger partial charge in [0.05, 0.1) is 40.0 Å². The molecule has 0 amide bonds. The molecule has 3 heterocycles. The number of allylic oxidation sites excluding steroid dienone is 1. The summed E-state index contributed by atoms with van der Waals surface area (Å²) < 4.78 is 15.9. The van der Waals surface area contributed by atoms with Crippen molar-refractivity contribution in [2.24, 2.45) is 4.99 Å². The molecule has 0 saturated carbocycles. The van der Waals surface area contributed by atoms with E-state index in [1.165, 1.54) is 22.5 Å². The fourth-order valence-corrected chi connectivity index (χ4v) is 7.11. The second-order valence-corrected chi connectivity index (χ2v) is 12.1. The van der Waals surface area contributed by atoms with Gasteiger partial charge in [0.2, 0.25) is 0 Å². The summed E-state index contributed by atoms with van der Waals surface area (Å²) in [4.78, 5) is 32.5. The van der Waals surface area contributed by atoms with E-state index < -0.39 is 12.0 Å². The van der Waals surface area contributed by atoms with E-state index in [-0.39, 0.29) is 12.2 Å². The molecule has 0 unspecified atom stereocenters. The molecule has 4 aromatic rings. The average molecular weight is 635 g/mol. The number of halogens is 1. The average Bonchev–Trinajstić information content (AvgIpc) is 3.36. The first-order valence-electron chi connectivity index (χ1n) is 13.3. The number of carbonyl (C=O) groups excluding carboxylic acids is 1. The van der Waals surface area contributed by atoms with Crippen molar-refractivity contribution < 1.29 is 14.3 Å². The van der Waals surface area contributed by atoms with Gasteiger partial charge in [-0.3, -0.25) is 9.36 Å². The molecule has 5 rings (SSSR count). The van der Waals surface area contributed by atoms with Gasteiger partial charge in [0.1, 0.15) is 5.75 Å². The van der Waals surface area contributed by atoms with E-state index in [1.807, 2.05) is 24.3 Å². The lowest BCUT2D eigenvalue weighted by Crippen LogP contribution is -2.40. The normalized spacial score (nSPS) is 15.1. The lowest BCUT2D eigenvalue weighted by atomic mass is 9.96. The second kappa shape index (κ2) is 11.3. The van der Waals surface area contributed by atoms with E-state index in [4.69, 9.17) is 14.5 Å². The number of fused-ring (bicyclic) bond motifs is 1. The summed E-state index contributed by atoms with van der Waals surface area (Å²) in [6.07, 6.45) is 1.93. The third-order valence-electron chi connectivity index (χ3n) is 7.23. The second-order valence-electron chi connectivity index (χ2n) is 10.2. The molecule has 1 atom stereocenters. The monoisotopic (exact) mass is 633 g/mol. The van der Waals surface area contributed by atoms with Crippen LogP contribution in [0.25, 0.3) is 11.8 Å². The number of benzene rings is 2. The van der Waals surface area contributed by atoms with Gasteiger partial charge in [0, 0.05) is 17.1 Å². The Morgan fingerprint density at radius 2 is 1.78 bits per heavy atom. The molecule has 0 aliphatic carbocycles. The van der Waals surface area contributed by atoms with E-state index in [9.17, 15) is 9.59 Å². The Morgan fingerprint density at radius 3 is 2.41 bits per heavy atom. The van der Waals surface area contributed by atoms with Crippen molar-refractivity contribution in [3.05, 3.63) is 112 Å². The Balaban J connectivity index is 1.70. The number of thiazole rings is 1. The third-order valence-corrected chi connectivity index (χ3v) is 8.83. The van der Waals surface area contributed by atoms with Crippen LogP contribution in [0, 0.1) is 27.7 Å². The van der Waals surface area contributed by atoms with Crippen LogP contribution in [0.15, 0.2) is 68.0 Å². The smallest absolute Gasteiger partial charge is 0.338 e. The van der Waals surface area contributed by atoms with Gasteiger partial charge in [-0.15, -0.1) is 0 Å². The molecule has 9 heteroatoms. The maximum absolute atomic E-state index is 14.1. The summed E-state index contributed by atoms with van der Waals surface area (Å²) in [5.74, 6) is 0.163. The molecule has 1 aliphatic rings. The highest BCUT2D eigenvalue weighted by Crippen LogP contribution is 2.35. The minimum Gasteiger partial charge on any atom is -0.496 e. The van der Waals surface area contributed by atoms with Gasteiger partial charge in [-0.1, -0.05) is 23.5 Å². The zero-order valence-electron chi connectivity index (χ0n) is 24.2. The van der Waals surface area contributed by atoms with Gasteiger partial charge in [-0.25, -0.2) is 9.79 Å². The first kappa shape index (κ1) is 28.8. The van der Waals surface area contributed by atoms with Crippen molar-refractivity contribution in [3.63, 3.8) is 0 Å². The molecule has 0 N–H and O–H groups in total. The number of esters is 1. The van der Waals surface area contributed by atoms with Gasteiger partial charge >= 0.3 is 5.97 Å². The number of nitrogens with zero attached hydrogens (tertiary/aromatic N) is 3. The molecule has 0 bridgehead atoms. The predicted octanol–water partition coefficient (Wildman–Crippen LogP) is 5.59. The molecule has 0 fully saturated rings. The molecule has 0 spiro atoms. The zero-order chi connectivity index (χ0) is 29.6. The Hall–Kier alpha value is -3.69. The van der Waals surface area contributed by atoms with Crippen LogP contribution in [-0.2, 0) is 9.53 Å². The van der Waals surface area contributed by atoms with Gasteiger partial charge in [-0.05, 0) is 116 Å². The Labute approximate surface area is 251 Å². The standard InChI is InChI=1S/C32H32BrN3O4S/c1-8-40-31(38)28-20(5)34-32-36(29(28)22-9-10-26(39-7)25(33)15-22)30(37)27(41-32)16-23-14-19(4)35(21(23)6)24-12-17(2)11-18(3)13-24/h9-16,29H,8H2,1-7H3/b27-16+/t29-/m1/s1. The number of ether oxygens (including phenoxy) is 2. The largest absolute Gasteiger partial charge is 0.496 e. The van der Waals surface area contributed by atoms with Crippen LogP contribution < -0.4 is 19.6 Å². The molecule has 2 aromatic heterocycles. The van der Waals surface area contributed by atoms with Gasteiger partial charge < -0.3 is 14.0 Å². The summed E-state index contributed by atoms with van der Waals surface area (Å²) in [7, 11) is 1.59. The third kappa shape index (κ3) is 5.24.